The molecule has 4 heteroatoms. The summed E-state index contributed by atoms with van der Waals surface area (Å²) in [6.07, 6.45) is 0.764. The number of ketones is 1. The first kappa shape index (κ1) is 12.6. The van der Waals surface area contributed by atoms with Crippen LogP contribution in [0.1, 0.15) is 12.5 Å². The van der Waals surface area contributed by atoms with Gasteiger partial charge in [-0.15, -0.1) is 0 Å². The Balaban J connectivity index is 2.01. The van der Waals surface area contributed by atoms with E-state index in [2.05, 4.69) is 27.9 Å². The number of rotatable bonds is 4. The number of benzene rings is 1. The number of likely N-dealkylation sites (tertiary alicyclic amines) is 1. The summed E-state index contributed by atoms with van der Waals surface area (Å²) in [7, 11) is 2.07. The molecule has 0 aromatic heterocycles. The van der Waals surface area contributed by atoms with Crippen molar-refractivity contribution in [3.63, 3.8) is 0 Å². The second-order valence-electron chi connectivity index (χ2n) is 4.60. The lowest BCUT2D eigenvalue weighted by atomic mass is 10.1. The molecular formula is C13H16BrNO2. The Morgan fingerprint density at radius 1 is 1.53 bits per heavy atom. The smallest absolute Gasteiger partial charge is 0.134 e. The van der Waals surface area contributed by atoms with Crippen LogP contribution in [0.3, 0.4) is 0 Å². The number of likely N-dealkylation sites (N-methyl/N-ethyl adjacent to an activating group) is 1. The zero-order chi connectivity index (χ0) is 12.4. The Morgan fingerprint density at radius 3 is 2.76 bits per heavy atom. The molecule has 0 amide bonds. The van der Waals surface area contributed by atoms with Gasteiger partial charge in [0, 0.05) is 19.5 Å². The van der Waals surface area contributed by atoms with E-state index >= 15 is 0 Å². The van der Waals surface area contributed by atoms with Gasteiger partial charge in [-0.3, -0.25) is 9.69 Å². The van der Waals surface area contributed by atoms with Crippen molar-refractivity contribution in [3.8, 4) is 5.75 Å². The summed E-state index contributed by atoms with van der Waals surface area (Å²) in [5, 5.41) is 0. The third-order valence-corrected chi connectivity index (χ3v) is 3.39. The first-order valence-electron chi connectivity index (χ1n) is 5.67. The van der Waals surface area contributed by atoms with Gasteiger partial charge in [-0.25, -0.2) is 0 Å². The molecule has 1 aromatic carbocycles. The van der Waals surface area contributed by atoms with Crippen molar-refractivity contribution in [2.75, 3.05) is 20.1 Å². The van der Waals surface area contributed by atoms with Gasteiger partial charge >= 0.3 is 0 Å². The fourth-order valence-corrected chi connectivity index (χ4v) is 2.45. The van der Waals surface area contributed by atoms with Gasteiger partial charge in [0.05, 0.1) is 4.47 Å². The van der Waals surface area contributed by atoms with Crippen LogP contribution in [0, 0.1) is 0 Å². The van der Waals surface area contributed by atoms with Gasteiger partial charge in [-0.1, -0.05) is 6.07 Å². The maximum atomic E-state index is 11.0. The lowest BCUT2D eigenvalue weighted by molar-refractivity contribution is -0.116. The van der Waals surface area contributed by atoms with Crippen LogP contribution in [-0.4, -0.2) is 36.9 Å². The van der Waals surface area contributed by atoms with Gasteiger partial charge in [-0.2, -0.15) is 0 Å². The van der Waals surface area contributed by atoms with Crippen LogP contribution in [0.5, 0.6) is 5.75 Å². The molecule has 0 unspecified atom stereocenters. The number of hydrogen-bond acceptors (Lipinski definition) is 3. The maximum absolute atomic E-state index is 11.0. The van der Waals surface area contributed by atoms with Crippen molar-refractivity contribution in [2.45, 2.75) is 19.4 Å². The summed E-state index contributed by atoms with van der Waals surface area (Å²) < 4.78 is 6.76. The largest absolute Gasteiger partial charge is 0.487 e. The quantitative estimate of drug-likeness (QED) is 0.854. The zero-order valence-electron chi connectivity index (χ0n) is 10.1. The highest BCUT2D eigenvalue weighted by Crippen LogP contribution is 2.28. The third kappa shape index (κ3) is 3.30. The van der Waals surface area contributed by atoms with E-state index in [4.69, 9.17) is 4.74 Å². The second-order valence-corrected chi connectivity index (χ2v) is 5.46. The molecule has 17 heavy (non-hydrogen) atoms. The molecule has 1 aliphatic rings. The number of carbonyl (C=O) groups excluding carboxylic acids is 1. The molecule has 3 nitrogen and oxygen atoms in total. The SMILES string of the molecule is CC(=O)Cc1ccc(OC2CN(C)C2)c(Br)c1. The lowest BCUT2D eigenvalue weighted by Gasteiger charge is -2.36. The molecule has 0 atom stereocenters. The Hall–Kier alpha value is -0.870. The van der Waals surface area contributed by atoms with Gasteiger partial charge in [0.1, 0.15) is 17.6 Å². The van der Waals surface area contributed by atoms with Gasteiger partial charge in [-0.05, 0) is 47.6 Å². The molecule has 1 saturated heterocycles. The first-order valence-corrected chi connectivity index (χ1v) is 6.47. The topological polar surface area (TPSA) is 29.5 Å². The molecule has 0 N–H and O–H groups in total. The highest BCUT2D eigenvalue weighted by Gasteiger charge is 2.25. The van der Waals surface area contributed by atoms with E-state index in [0.29, 0.717) is 6.42 Å². The minimum Gasteiger partial charge on any atom is -0.487 e. The summed E-state index contributed by atoms with van der Waals surface area (Å²) in [4.78, 5) is 13.2. The number of ether oxygens (including phenoxy) is 1. The van der Waals surface area contributed by atoms with E-state index in [-0.39, 0.29) is 11.9 Å². The molecule has 2 rings (SSSR count). The molecule has 92 valence electrons. The molecule has 0 aliphatic carbocycles. The second kappa shape index (κ2) is 5.19. The predicted octanol–water partition coefficient (Wildman–Crippen LogP) is 2.27. The van der Waals surface area contributed by atoms with E-state index in [9.17, 15) is 4.79 Å². The minimum absolute atomic E-state index is 0.172. The van der Waals surface area contributed by atoms with Gasteiger partial charge in [0.2, 0.25) is 0 Å². The van der Waals surface area contributed by atoms with Crippen molar-refractivity contribution < 1.29 is 9.53 Å². The number of hydrogen-bond donors (Lipinski definition) is 0. The minimum atomic E-state index is 0.172. The molecule has 0 bridgehead atoms. The van der Waals surface area contributed by atoms with Crippen LogP contribution in [0.4, 0.5) is 0 Å². The van der Waals surface area contributed by atoms with Gasteiger partial charge in [0.15, 0.2) is 0 Å². The molecule has 1 heterocycles. The van der Waals surface area contributed by atoms with Crippen molar-refractivity contribution in [1.29, 1.82) is 0 Å². The Morgan fingerprint density at radius 2 is 2.24 bits per heavy atom. The normalized spacial score (nSPS) is 16.6. The number of nitrogens with zero attached hydrogens (tertiary/aromatic N) is 1. The Bertz CT molecular complexity index is 427. The van der Waals surface area contributed by atoms with Crippen molar-refractivity contribution >= 4 is 21.7 Å². The Labute approximate surface area is 110 Å². The molecular weight excluding hydrogens is 282 g/mol. The van der Waals surface area contributed by atoms with Crippen LogP contribution in [-0.2, 0) is 11.2 Å². The van der Waals surface area contributed by atoms with Crippen LogP contribution in [0.2, 0.25) is 0 Å². The molecule has 0 radical (unpaired) electrons. The lowest BCUT2D eigenvalue weighted by Crippen LogP contribution is -2.51. The summed E-state index contributed by atoms with van der Waals surface area (Å²) in [5.74, 6) is 1.03. The van der Waals surface area contributed by atoms with E-state index in [1.54, 1.807) is 6.92 Å². The Kier molecular flexibility index (Phi) is 3.84. The summed E-state index contributed by atoms with van der Waals surface area (Å²) in [5.41, 5.74) is 1.02. The van der Waals surface area contributed by atoms with E-state index in [0.717, 1.165) is 28.9 Å². The highest BCUT2D eigenvalue weighted by molar-refractivity contribution is 9.10. The average molecular weight is 298 g/mol. The first-order chi connectivity index (χ1) is 8.04. The fourth-order valence-electron chi connectivity index (χ4n) is 1.93. The number of carbonyl (C=O) groups is 1. The van der Waals surface area contributed by atoms with Gasteiger partial charge in [0.25, 0.3) is 0 Å². The summed E-state index contributed by atoms with van der Waals surface area (Å²) in [6.45, 7) is 3.55. The van der Waals surface area contributed by atoms with Crippen molar-refractivity contribution in [3.05, 3.63) is 28.2 Å². The van der Waals surface area contributed by atoms with E-state index < -0.39 is 0 Å². The summed E-state index contributed by atoms with van der Waals surface area (Å²) >= 11 is 3.48. The molecule has 1 aliphatic heterocycles. The molecule has 1 fully saturated rings. The maximum Gasteiger partial charge on any atom is 0.134 e. The highest BCUT2D eigenvalue weighted by atomic mass is 79.9. The standard InChI is InChI=1S/C13H16BrNO2/c1-9(16)5-10-3-4-13(12(14)6-10)17-11-7-15(2)8-11/h3-4,6,11H,5,7-8H2,1-2H3. The molecule has 0 spiro atoms. The van der Waals surface area contributed by atoms with Crippen LogP contribution >= 0.6 is 15.9 Å². The third-order valence-electron chi connectivity index (χ3n) is 2.77. The fraction of sp³-hybridized carbons (Fsp3) is 0.462. The van der Waals surface area contributed by atoms with E-state index in [1.807, 2.05) is 18.2 Å². The van der Waals surface area contributed by atoms with Crippen LogP contribution in [0.25, 0.3) is 0 Å². The van der Waals surface area contributed by atoms with Crippen molar-refractivity contribution in [1.82, 2.24) is 4.90 Å². The van der Waals surface area contributed by atoms with Gasteiger partial charge < -0.3 is 4.74 Å². The van der Waals surface area contributed by atoms with Crippen molar-refractivity contribution in [2.24, 2.45) is 0 Å². The summed E-state index contributed by atoms with van der Waals surface area (Å²) in [6, 6.07) is 5.84. The van der Waals surface area contributed by atoms with E-state index in [1.165, 1.54) is 0 Å². The zero-order valence-corrected chi connectivity index (χ0v) is 11.7. The average Bonchev–Trinajstić information content (AvgIpc) is 2.18. The molecule has 1 aromatic rings. The molecule has 0 saturated carbocycles. The predicted molar refractivity (Wildman–Crippen MR) is 70.4 cm³/mol. The van der Waals surface area contributed by atoms with Crippen LogP contribution in [0.15, 0.2) is 22.7 Å². The number of halogens is 1. The van der Waals surface area contributed by atoms with Crippen LogP contribution < -0.4 is 4.74 Å². The monoisotopic (exact) mass is 297 g/mol. The number of Topliss-reactive ketones (excluding diaryl/α,β-unsaturated/α-hetero) is 1.